The van der Waals surface area contributed by atoms with Crippen molar-refractivity contribution < 1.29 is 19.8 Å². The van der Waals surface area contributed by atoms with E-state index in [4.69, 9.17) is 43.5 Å². The van der Waals surface area contributed by atoms with E-state index >= 15 is 0 Å². The number of carbonyl (C=O) groups is 2. The molecule has 0 aromatic carbocycles. The minimum absolute atomic E-state index is 0.0859. The van der Waals surface area contributed by atoms with Crippen LogP contribution in [0.1, 0.15) is 12.8 Å². The maximum Gasteiger partial charge on any atom is 0.341 e. The molecule has 0 unspecified atom stereocenters. The van der Waals surface area contributed by atoms with E-state index in [2.05, 4.69) is 0 Å². The van der Waals surface area contributed by atoms with Crippen molar-refractivity contribution >= 4 is 51.2 Å². The van der Waals surface area contributed by atoms with Gasteiger partial charge in [0.25, 0.3) is 0 Å². The van der Waals surface area contributed by atoms with Crippen molar-refractivity contribution in [2.45, 2.75) is 18.9 Å². The third kappa shape index (κ3) is 8.74. The number of hydrogen-bond donors (Lipinski definition) is 2. The van der Waals surface area contributed by atoms with Crippen LogP contribution in [0, 0.1) is 0 Å². The molecule has 2 N–H and O–H groups in total. The molecule has 86 valence electrons. The molecule has 0 aliphatic carbocycles. The summed E-state index contributed by atoms with van der Waals surface area (Å²) in [6.07, 6.45) is 1.10. The highest BCUT2D eigenvalue weighted by Crippen LogP contribution is 2.27. The molecule has 0 saturated heterocycles. The zero-order valence-electron chi connectivity index (χ0n) is 7.54. The Labute approximate surface area is 102 Å². The number of aliphatic carboxylic acids is 2. The molecule has 8 heteroatoms. The van der Waals surface area contributed by atoms with E-state index in [0.29, 0.717) is 18.5 Å². The summed E-state index contributed by atoms with van der Waals surface area (Å²) in [5, 5.41) is 17.0. The van der Waals surface area contributed by atoms with Gasteiger partial charge in [-0.05, 0) is 18.9 Å². The molecule has 0 aliphatic heterocycles. The fraction of sp³-hybridized carbons (Fsp3) is 0.429. The van der Waals surface area contributed by atoms with Gasteiger partial charge in [-0.15, -0.1) is 33.2 Å². The Balaban J connectivity index is 4.22. The normalized spacial score (nSPS) is 12.6. The largest absolute Gasteiger partial charge is 0.478 e. The Morgan fingerprint density at radius 1 is 1.20 bits per heavy atom. The Hall–Kier alpha value is -0.233. The Morgan fingerprint density at radius 3 is 2.07 bits per heavy atom. The molecule has 0 atom stereocenters. The maximum absolute atomic E-state index is 10.6. The first-order chi connectivity index (χ1) is 6.72. The minimum atomic E-state index is -2.75. The van der Waals surface area contributed by atoms with Crippen LogP contribution in [0.2, 0.25) is 6.04 Å². The van der Waals surface area contributed by atoms with Gasteiger partial charge in [-0.25, -0.2) is 9.59 Å². The molecule has 0 aromatic rings. The highest BCUT2D eigenvalue weighted by Gasteiger charge is 2.24. The van der Waals surface area contributed by atoms with Gasteiger partial charge < -0.3 is 10.2 Å². The summed E-state index contributed by atoms with van der Waals surface area (Å²) < 4.78 is 0. The van der Waals surface area contributed by atoms with E-state index in [1.165, 1.54) is 0 Å². The van der Waals surface area contributed by atoms with E-state index in [0.717, 1.165) is 0 Å². The van der Waals surface area contributed by atoms with Crippen LogP contribution in [-0.4, -0.2) is 28.2 Å². The molecule has 0 heterocycles. The van der Waals surface area contributed by atoms with Crippen LogP contribution in [0.25, 0.3) is 0 Å². The molecule has 0 aromatic heterocycles. The van der Waals surface area contributed by atoms with E-state index in [-0.39, 0.29) is 12.0 Å². The lowest BCUT2D eigenvalue weighted by atomic mass is 10.1. The van der Waals surface area contributed by atoms with Gasteiger partial charge in [-0.3, -0.25) is 0 Å². The van der Waals surface area contributed by atoms with Crippen LogP contribution in [0.5, 0.6) is 0 Å². The quantitative estimate of drug-likeness (QED) is 0.448. The smallest absolute Gasteiger partial charge is 0.341 e. The van der Waals surface area contributed by atoms with Gasteiger partial charge in [0, 0.05) is 11.6 Å². The van der Waals surface area contributed by atoms with Crippen LogP contribution < -0.4 is 0 Å². The summed E-state index contributed by atoms with van der Waals surface area (Å²) in [7, 11) is 0. The average Bonchev–Trinajstić information content (AvgIpc) is 1.99. The van der Waals surface area contributed by atoms with Gasteiger partial charge in [0.1, 0.15) is 0 Å². The molecule has 4 nitrogen and oxygen atoms in total. The molecule has 0 spiro atoms. The molecular weight excluding hydrogens is 283 g/mol. The SMILES string of the molecule is O=C(O)C=C(CCC[Si](Cl)(Cl)Cl)C(=O)O. The number of carboxylic acids is 2. The highest BCUT2D eigenvalue weighted by molar-refractivity contribution is 7.64. The van der Waals surface area contributed by atoms with Crippen LogP contribution in [-0.2, 0) is 9.59 Å². The van der Waals surface area contributed by atoms with Crippen LogP contribution >= 0.6 is 33.2 Å². The van der Waals surface area contributed by atoms with Crippen molar-refractivity contribution in [3.8, 4) is 0 Å². The lowest BCUT2D eigenvalue weighted by molar-refractivity contribution is -0.135. The lowest BCUT2D eigenvalue weighted by Gasteiger charge is -2.06. The van der Waals surface area contributed by atoms with Gasteiger partial charge in [0.15, 0.2) is 0 Å². The highest BCUT2D eigenvalue weighted by atomic mass is 35.8. The Kier molecular flexibility index (Phi) is 6.27. The lowest BCUT2D eigenvalue weighted by Crippen LogP contribution is -2.10. The number of hydrogen-bond acceptors (Lipinski definition) is 2. The maximum atomic E-state index is 10.6. The van der Waals surface area contributed by atoms with Crippen molar-refractivity contribution in [3.05, 3.63) is 11.6 Å². The number of carboxylic acid groups (broad SMARTS) is 2. The molecule has 0 radical (unpaired) electrons. The fourth-order valence-electron chi connectivity index (χ4n) is 0.869. The molecule has 0 amide bonds. The summed E-state index contributed by atoms with van der Waals surface area (Å²) in [5.41, 5.74) is -0.189. The average molecular weight is 292 g/mol. The molecule has 0 saturated carbocycles. The van der Waals surface area contributed by atoms with Gasteiger partial charge in [-0.1, -0.05) is 0 Å². The predicted molar refractivity (Wildman–Crippen MR) is 60.7 cm³/mol. The first kappa shape index (κ1) is 14.8. The summed E-state index contributed by atoms with van der Waals surface area (Å²) in [5.74, 6) is -2.55. The molecule has 0 bridgehead atoms. The topological polar surface area (TPSA) is 74.6 Å². The minimum Gasteiger partial charge on any atom is -0.478 e. The predicted octanol–water partition coefficient (Wildman–Crippen LogP) is 2.52. The zero-order chi connectivity index (χ0) is 12.1. The van der Waals surface area contributed by atoms with Crippen molar-refractivity contribution in [2.75, 3.05) is 0 Å². The summed E-state index contributed by atoms with van der Waals surface area (Å²) >= 11 is 16.8. The first-order valence-electron chi connectivity index (χ1n) is 3.96. The Bertz CT molecular complexity index is 284. The van der Waals surface area contributed by atoms with Gasteiger partial charge in [0.05, 0.1) is 0 Å². The van der Waals surface area contributed by atoms with E-state index < -0.39 is 17.9 Å². The molecule has 0 fully saturated rings. The second-order valence-electron chi connectivity index (χ2n) is 2.78. The second-order valence-corrected chi connectivity index (χ2v) is 12.1. The monoisotopic (exact) mass is 290 g/mol. The zero-order valence-corrected chi connectivity index (χ0v) is 10.8. The van der Waals surface area contributed by atoms with E-state index in [1.54, 1.807) is 0 Å². The molecular formula is C7H9Cl3O4Si. The van der Waals surface area contributed by atoms with Crippen LogP contribution in [0.3, 0.4) is 0 Å². The Morgan fingerprint density at radius 2 is 1.73 bits per heavy atom. The standard InChI is InChI=1S/C7H9Cl3O4Si/c8-15(9,10)3-1-2-5(7(13)14)4-6(11)12/h4H,1-3H2,(H,11,12)(H,13,14). The third-order valence-electron chi connectivity index (χ3n) is 1.48. The fourth-order valence-corrected chi connectivity index (χ4v) is 2.65. The summed E-state index contributed by atoms with van der Waals surface area (Å²) in [6.45, 7) is 0. The van der Waals surface area contributed by atoms with Crippen molar-refractivity contribution in [1.82, 2.24) is 0 Å². The van der Waals surface area contributed by atoms with Gasteiger partial charge in [-0.2, -0.15) is 0 Å². The van der Waals surface area contributed by atoms with Crippen LogP contribution in [0.4, 0.5) is 0 Å². The molecule has 0 aliphatic rings. The van der Waals surface area contributed by atoms with Gasteiger partial charge in [0.2, 0.25) is 0 Å². The van der Waals surface area contributed by atoms with Crippen molar-refractivity contribution in [3.63, 3.8) is 0 Å². The number of rotatable bonds is 6. The van der Waals surface area contributed by atoms with Crippen molar-refractivity contribution in [1.29, 1.82) is 0 Å². The number of halogens is 3. The first-order valence-corrected chi connectivity index (χ1v) is 9.20. The summed E-state index contributed by atoms with van der Waals surface area (Å²) in [4.78, 5) is 20.8. The molecule has 0 rings (SSSR count). The van der Waals surface area contributed by atoms with Crippen molar-refractivity contribution in [2.24, 2.45) is 0 Å². The third-order valence-corrected chi connectivity index (χ3v) is 4.10. The molecule has 15 heavy (non-hydrogen) atoms. The van der Waals surface area contributed by atoms with E-state index in [1.807, 2.05) is 0 Å². The van der Waals surface area contributed by atoms with E-state index in [9.17, 15) is 9.59 Å². The van der Waals surface area contributed by atoms with Gasteiger partial charge >= 0.3 is 17.9 Å². The summed E-state index contributed by atoms with van der Waals surface area (Å²) in [6, 6.07) is -2.44. The second kappa shape index (κ2) is 6.37. The van der Waals surface area contributed by atoms with Crippen LogP contribution in [0.15, 0.2) is 11.6 Å².